The van der Waals surface area contributed by atoms with Crippen LogP contribution in [-0.4, -0.2) is 37.2 Å². The summed E-state index contributed by atoms with van der Waals surface area (Å²) in [6.45, 7) is 1.35. The number of carbonyl (C=O) groups excluding carboxylic acids is 1. The molecule has 0 saturated carbocycles. The van der Waals surface area contributed by atoms with Crippen LogP contribution >= 0.6 is 0 Å². The van der Waals surface area contributed by atoms with Crippen LogP contribution in [0.15, 0.2) is 66.7 Å². The molecule has 0 aliphatic carbocycles. The number of hydrogen-bond donors (Lipinski definition) is 0. The number of methoxy groups -OCH3 is 1. The van der Waals surface area contributed by atoms with Gasteiger partial charge in [0.2, 0.25) is 0 Å². The average molecular weight is 414 g/mol. The van der Waals surface area contributed by atoms with Crippen molar-refractivity contribution < 1.29 is 14.3 Å². The van der Waals surface area contributed by atoms with E-state index in [1.807, 2.05) is 6.07 Å². The van der Waals surface area contributed by atoms with Crippen LogP contribution < -0.4 is 4.74 Å². The third kappa shape index (κ3) is 2.54. The maximum absolute atomic E-state index is 13.7. The molecular weight excluding hydrogens is 386 g/mol. The number of benzene rings is 3. The topological polar surface area (TPSA) is 38.8 Å². The van der Waals surface area contributed by atoms with Gasteiger partial charge in [0.15, 0.2) is 0 Å². The lowest BCUT2D eigenvalue weighted by atomic mass is 9.65. The van der Waals surface area contributed by atoms with Gasteiger partial charge in [0.25, 0.3) is 0 Å². The molecule has 2 fully saturated rings. The van der Waals surface area contributed by atoms with Crippen LogP contribution in [-0.2, 0) is 9.53 Å². The Bertz CT molecular complexity index is 1140. The molecule has 0 unspecified atom stereocenters. The number of hydrogen-bond acceptors (Lipinski definition) is 4. The Kier molecular flexibility index (Phi) is 4.32. The van der Waals surface area contributed by atoms with E-state index in [0.29, 0.717) is 12.6 Å². The van der Waals surface area contributed by atoms with Crippen molar-refractivity contribution >= 4 is 16.7 Å². The number of carbonyl (C=O) groups is 1. The number of nitrogens with zero attached hydrogens (tertiary/aromatic N) is 1. The van der Waals surface area contributed by atoms with Crippen LogP contribution in [0.3, 0.4) is 0 Å². The molecule has 3 aromatic rings. The summed E-state index contributed by atoms with van der Waals surface area (Å²) in [7, 11) is 1.52. The quantitative estimate of drug-likeness (QED) is 0.549. The van der Waals surface area contributed by atoms with E-state index in [1.54, 1.807) is 0 Å². The van der Waals surface area contributed by atoms with E-state index in [9.17, 15) is 4.79 Å². The molecule has 0 amide bonds. The smallest absolute Gasteiger partial charge is 0.317 e. The molecule has 0 bridgehead atoms. The first-order chi connectivity index (χ1) is 15.3. The fraction of sp³-hybridized carbons (Fsp3) is 0.370. The Hall–Kier alpha value is -2.85. The first kappa shape index (κ1) is 18.9. The second-order valence-corrected chi connectivity index (χ2v) is 9.11. The van der Waals surface area contributed by atoms with E-state index in [2.05, 4.69) is 65.6 Å². The second-order valence-electron chi connectivity index (χ2n) is 9.11. The summed E-state index contributed by atoms with van der Waals surface area (Å²) in [6.07, 6.45) is 3.44. The molecule has 6 rings (SSSR count). The largest absolute Gasteiger partial charge is 0.492 e. The lowest BCUT2D eigenvalue weighted by molar-refractivity contribution is -0.159. The third-order valence-corrected chi connectivity index (χ3v) is 7.75. The molecular formula is C27H27NO3. The van der Waals surface area contributed by atoms with Gasteiger partial charge >= 0.3 is 5.97 Å². The highest BCUT2D eigenvalue weighted by molar-refractivity contribution is 5.91. The second kappa shape index (κ2) is 7.10. The summed E-state index contributed by atoms with van der Waals surface area (Å²) in [6, 6.07) is 23.4. The van der Waals surface area contributed by atoms with Crippen molar-refractivity contribution in [2.75, 3.05) is 20.3 Å². The summed E-state index contributed by atoms with van der Waals surface area (Å²) >= 11 is 0. The van der Waals surface area contributed by atoms with Crippen molar-refractivity contribution in [1.29, 1.82) is 0 Å². The molecule has 0 radical (unpaired) electrons. The fourth-order valence-electron chi connectivity index (χ4n) is 6.61. The molecule has 3 aliphatic rings. The van der Waals surface area contributed by atoms with Gasteiger partial charge in [-0.15, -0.1) is 0 Å². The zero-order valence-corrected chi connectivity index (χ0v) is 17.8. The van der Waals surface area contributed by atoms with Gasteiger partial charge in [-0.3, -0.25) is 9.69 Å². The molecule has 3 aliphatic heterocycles. The van der Waals surface area contributed by atoms with Gasteiger partial charge in [0.1, 0.15) is 17.8 Å². The van der Waals surface area contributed by atoms with Crippen molar-refractivity contribution in [2.24, 2.45) is 5.41 Å². The highest BCUT2D eigenvalue weighted by atomic mass is 16.5. The lowest BCUT2D eigenvalue weighted by Crippen LogP contribution is -2.48. The molecule has 0 spiro atoms. The molecule has 4 heteroatoms. The van der Waals surface area contributed by atoms with E-state index >= 15 is 0 Å². The Labute approximate surface area is 182 Å². The maximum atomic E-state index is 13.7. The minimum absolute atomic E-state index is 0.0403. The number of esters is 1. The van der Waals surface area contributed by atoms with Crippen molar-refractivity contribution in [3.8, 4) is 5.75 Å². The average Bonchev–Trinajstić information content (AvgIpc) is 3.15. The van der Waals surface area contributed by atoms with E-state index in [4.69, 9.17) is 9.47 Å². The van der Waals surface area contributed by atoms with Crippen LogP contribution in [0.2, 0.25) is 0 Å². The van der Waals surface area contributed by atoms with E-state index in [-0.39, 0.29) is 17.9 Å². The van der Waals surface area contributed by atoms with Crippen molar-refractivity contribution in [3.05, 3.63) is 77.9 Å². The maximum Gasteiger partial charge on any atom is 0.317 e. The van der Waals surface area contributed by atoms with Crippen molar-refractivity contribution in [3.63, 3.8) is 0 Å². The van der Waals surface area contributed by atoms with Gasteiger partial charge < -0.3 is 9.47 Å². The Morgan fingerprint density at radius 3 is 2.68 bits per heavy atom. The minimum Gasteiger partial charge on any atom is -0.492 e. The highest BCUT2D eigenvalue weighted by Crippen LogP contribution is 2.64. The molecule has 3 heterocycles. The number of ether oxygens (including phenoxy) is 2. The van der Waals surface area contributed by atoms with E-state index in [1.165, 1.54) is 29.9 Å². The minimum atomic E-state index is -0.762. The Morgan fingerprint density at radius 2 is 1.84 bits per heavy atom. The van der Waals surface area contributed by atoms with Crippen molar-refractivity contribution in [1.82, 2.24) is 4.90 Å². The lowest BCUT2D eigenvalue weighted by Gasteiger charge is -2.43. The van der Waals surface area contributed by atoms with Gasteiger partial charge in [-0.05, 0) is 41.8 Å². The highest BCUT2D eigenvalue weighted by Gasteiger charge is 2.67. The summed E-state index contributed by atoms with van der Waals surface area (Å²) < 4.78 is 11.9. The summed E-state index contributed by atoms with van der Waals surface area (Å²) in [5.74, 6) is 0.791. The summed E-state index contributed by atoms with van der Waals surface area (Å²) in [5.41, 5.74) is 1.60. The first-order valence-corrected chi connectivity index (χ1v) is 11.3. The molecule has 0 N–H and O–H groups in total. The fourth-order valence-corrected chi connectivity index (χ4v) is 6.61. The Balaban J connectivity index is 1.66. The van der Waals surface area contributed by atoms with Gasteiger partial charge in [-0.2, -0.15) is 0 Å². The van der Waals surface area contributed by atoms with Crippen LogP contribution in [0.4, 0.5) is 0 Å². The van der Waals surface area contributed by atoms with E-state index < -0.39 is 5.41 Å². The van der Waals surface area contributed by atoms with Crippen LogP contribution in [0, 0.1) is 5.41 Å². The van der Waals surface area contributed by atoms with Crippen LogP contribution in [0.1, 0.15) is 42.3 Å². The SMILES string of the molecule is COC(=O)[C@]12COc3ccc4ccccc4c3[C@H]1N1CCCC[C@H]1[C@H]2c1ccccc1. The molecule has 31 heavy (non-hydrogen) atoms. The van der Waals surface area contributed by atoms with Gasteiger partial charge in [-0.25, -0.2) is 0 Å². The molecule has 3 aromatic carbocycles. The zero-order valence-electron chi connectivity index (χ0n) is 17.8. The monoisotopic (exact) mass is 413 g/mol. The molecule has 4 nitrogen and oxygen atoms in total. The Morgan fingerprint density at radius 1 is 1.03 bits per heavy atom. The van der Waals surface area contributed by atoms with Gasteiger partial charge in [0.05, 0.1) is 13.2 Å². The normalized spacial score (nSPS) is 29.5. The molecule has 158 valence electrons. The predicted molar refractivity (Wildman–Crippen MR) is 120 cm³/mol. The number of rotatable bonds is 2. The standard InChI is InChI=1S/C27H27NO3/c1-30-26(29)27-17-31-22-15-14-18-9-5-6-12-20(18)23(22)25(27)28-16-8-7-13-21(28)24(27)19-10-3-2-4-11-19/h2-6,9-12,14-15,21,24-25H,7-8,13,16-17H2,1H3/t21-,24+,25+,27-/m0/s1. The third-order valence-electron chi connectivity index (χ3n) is 7.75. The molecule has 0 aromatic heterocycles. The number of piperidine rings is 1. The first-order valence-electron chi connectivity index (χ1n) is 11.3. The van der Waals surface area contributed by atoms with Crippen LogP contribution in [0.25, 0.3) is 10.8 Å². The van der Waals surface area contributed by atoms with Crippen molar-refractivity contribution in [2.45, 2.75) is 37.3 Å². The predicted octanol–water partition coefficient (Wildman–Crippen LogP) is 5.08. The summed E-state index contributed by atoms with van der Waals surface area (Å²) in [5, 5.41) is 2.36. The zero-order chi connectivity index (χ0) is 21.0. The molecule has 4 atom stereocenters. The summed E-state index contributed by atoms with van der Waals surface area (Å²) in [4.78, 5) is 16.3. The van der Waals surface area contributed by atoms with Gasteiger partial charge in [-0.1, -0.05) is 67.1 Å². The number of fused-ring (bicyclic) bond motifs is 7. The van der Waals surface area contributed by atoms with E-state index in [0.717, 1.165) is 30.7 Å². The van der Waals surface area contributed by atoms with Gasteiger partial charge in [0, 0.05) is 17.5 Å². The molecule has 2 saturated heterocycles. The van der Waals surface area contributed by atoms with Crippen LogP contribution in [0.5, 0.6) is 5.75 Å².